The van der Waals surface area contributed by atoms with Gasteiger partial charge in [-0.05, 0) is 37.3 Å². The van der Waals surface area contributed by atoms with Gasteiger partial charge in [-0.25, -0.2) is 18.0 Å². The maximum atomic E-state index is 13.8. The zero-order valence-electron chi connectivity index (χ0n) is 16.2. The Bertz CT molecular complexity index is 1230. The quantitative estimate of drug-likeness (QED) is 0.446. The van der Waals surface area contributed by atoms with E-state index in [2.05, 4.69) is 0 Å². The third-order valence-electron chi connectivity index (χ3n) is 5.06. The first-order chi connectivity index (χ1) is 14.5. The number of halogens is 3. The fourth-order valence-electron chi connectivity index (χ4n) is 3.34. The fourth-order valence-corrected chi connectivity index (χ4v) is 4.64. The van der Waals surface area contributed by atoms with Crippen molar-refractivity contribution < 1.29 is 31.1 Å². The predicted molar refractivity (Wildman–Crippen MR) is 106 cm³/mol. The van der Waals surface area contributed by atoms with Crippen LogP contribution in [-0.4, -0.2) is 26.7 Å². The number of fused-ring (bicyclic) bond motifs is 1. The van der Waals surface area contributed by atoms with Crippen LogP contribution in [0.3, 0.4) is 0 Å². The standard InChI is InChI=1S/C21H17F3N2O4S/c1-20(21(22,23)24)14-25(19-9-5-6-12-26(19)27)17-13-16(10-11-18(17)30-20)31(28,29)15-7-3-2-4-8-15/h2-13H,14H2,1H3/t20-/m1/s1. The van der Waals surface area contributed by atoms with Crippen LogP contribution < -0.4 is 14.4 Å². The Morgan fingerprint density at radius 3 is 2.35 bits per heavy atom. The van der Waals surface area contributed by atoms with Crippen molar-refractivity contribution in [3.8, 4) is 5.75 Å². The molecule has 162 valence electrons. The molecule has 1 aliphatic rings. The summed E-state index contributed by atoms with van der Waals surface area (Å²) in [5.74, 6) is -0.265. The number of alkyl halides is 3. The topological polar surface area (TPSA) is 73.5 Å². The molecule has 0 bridgehead atoms. The zero-order valence-corrected chi connectivity index (χ0v) is 17.0. The molecule has 0 unspecified atom stereocenters. The van der Waals surface area contributed by atoms with E-state index in [0.29, 0.717) is 4.73 Å². The number of aromatic nitrogens is 1. The second kappa shape index (κ2) is 7.16. The first-order valence-electron chi connectivity index (χ1n) is 9.19. The highest BCUT2D eigenvalue weighted by Crippen LogP contribution is 2.46. The molecule has 1 atom stereocenters. The van der Waals surface area contributed by atoms with Crippen molar-refractivity contribution in [3.63, 3.8) is 0 Å². The molecule has 0 fully saturated rings. The summed E-state index contributed by atoms with van der Waals surface area (Å²) < 4.78 is 73.0. The van der Waals surface area contributed by atoms with Crippen molar-refractivity contribution in [2.75, 3.05) is 11.4 Å². The van der Waals surface area contributed by atoms with Gasteiger partial charge in [0.1, 0.15) is 6.54 Å². The van der Waals surface area contributed by atoms with E-state index in [-0.39, 0.29) is 27.0 Å². The van der Waals surface area contributed by atoms with Crippen LogP contribution in [-0.2, 0) is 9.84 Å². The van der Waals surface area contributed by atoms with Crippen molar-refractivity contribution in [3.05, 3.63) is 78.1 Å². The van der Waals surface area contributed by atoms with Gasteiger partial charge in [-0.15, -0.1) is 0 Å². The maximum Gasteiger partial charge on any atom is 0.431 e. The van der Waals surface area contributed by atoms with Gasteiger partial charge in [0.05, 0.1) is 16.0 Å². The van der Waals surface area contributed by atoms with Gasteiger partial charge in [-0.2, -0.15) is 13.2 Å². The lowest BCUT2D eigenvalue weighted by atomic mass is 10.0. The third kappa shape index (κ3) is 3.56. The molecule has 0 saturated heterocycles. The Kier molecular flexibility index (Phi) is 4.84. The Hall–Kier alpha value is -3.27. The summed E-state index contributed by atoms with van der Waals surface area (Å²) in [6.07, 6.45) is -3.58. The Labute approximate surface area is 176 Å². The van der Waals surface area contributed by atoms with Crippen LogP contribution in [0.15, 0.2) is 82.7 Å². The molecule has 0 spiro atoms. The summed E-state index contributed by atoms with van der Waals surface area (Å²) in [5.41, 5.74) is -2.56. The van der Waals surface area contributed by atoms with Crippen molar-refractivity contribution in [1.29, 1.82) is 0 Å². The zero-order chi connectivity index (χ0) is 22.4. The van der Waals surface area contributed by atoms with Gasteiger partial charge in [0, 0.05) is 12.1 Å². The highest BCUT2D eigenvalue weighted by Gasteiger charge is 2.59. The van der Waals surface area contributed by atoms with E-state index >= 15 is 0 Å². The largest absolute Gasteiger partial charge is 0.711 e. The Morgan fingerprint density at radius 1 is 1.03 bits per heavy atom. The van der Waals surface area contributed by atoms with Crippen molar-refractivity contribution in [2.24, 2.45) is 0 Å². The summed E-state index contributed by atoms with van der Waals surface area (Å²) >= 11 is 0. The lowest BCUT2D eigenvalue weighted by Crippen LogP contribution is -2.58. The lowest BCUT2D eigenvalue weighted by molar-refractivity contribution is -0.592. The minimum atomic E-state index is -4.74. The van der Waals surface area contributed by atoms with Gasteiger partial charge in [-0.1, -0.05) is 24.3 Å². The number of pyridine rings is 1. The first-order valence-corrected chi connectivity index (χ1v) is 10.7. The van der Waals surface area contributed by atoms with Crippen molar-refractivity contribution in [1.82, 2.24) is 0 Å². The van der Waals surface area contributed by atoms with E-state index in [1.54, 1.807) is 18.2 Å². The van der Waals surface area contributed by atoms with E-state index in [1.807, 2.05) is 0 Å². The molecule has 31 heavy (non-hydrogen) atoms. The summed E-state index contributed by atoms with van der Waals surface area (Å²) in [6, 6.07) is 15.6. The van der Waals surface area contributed by atoms with Crippen LogP contribution in [0.2, 0.25) is 0 Å². The van der Waals surface area contributed by atoms with E-state index in [1.165, 1.54) is 48.5 Å². The number of benzene rings is 2. The molecule has 0 aliphatic carbocycles. The van der Waals surface area contributed by atoms with Crippen LogP contribution >= 0.6 is 0 Å². The minimum absolute atomic E-state index is 0.0388. The highest BCUT2D eigenvalue weighted by molar-refractivity contribution is 7.91. The summed E-state index contributed by atoms with van der Waals surface area (Å²) in [5, 5.41) is 12.3. The van der Waals surface area contributed by atoms with Crippen molar-refractivity contribution >= 4 is 21.3 Å². The molecule has 0 N–H and O–H groups in total. The molecule has 0 radical (unpaired) electrons. The van der Waals surface area contributed by atoms with Crippen LogP contribution in [0.25, 0.3) is 0 Å². The number of anilines is 2. The molecule has 10 heteroatoms. The SMILES string of the molecule is C[C@]1(C(F)(F)F)CN(c2cccc[n+]2[O-])c2cc(S(=O)(=O)c3ccccc3)ccc2O1. The number of hydrogen-bond donors (Lipinski definition) is 0. The van der Waals surface area contributed by atoms with Crippen LogP contribution in [0.4, 0.5) is 24.7 Å². The van der Waals surface area contributed by atoms with Gasteiger partial charge < -0.3 is 9.94 Å². The molecule has 1 aliphatic heterocycles. The molecule has 4 rings (SSSR count). The molecule has 2 heterocycles. The van der Waals surface area contributed by atoms with Gasteiger partial charge in [0.2, 0.25) is 15.4 Å². The summed E-state index contributed by atoms with van der Waals surface area (Å²) in [4.78, 5) is 1.04. The van der Waals surface area contributed by atoms with Crippen LogP contribution in [0, 0.1) is 5.21 Å². The molecular weight excluding hydrogens is 433 g/mol. The number of ether oxygens (including phenoxy) is 1. The summed E-state index contributed by atoms with van der Waals surface area (Å²) in [7, 11) is -3.93. The molecule has 0 amide bonds. The fraction of sp³-hybridized carbons (Fsp3) is 0.190. The Balaban J connectivity index is 1.90. The smallest absolute Gasteiger partial charge is 0.431 e. The minimum Gasteiger partial charge on any atom is -0.711 e. The third-order valence-corrected chi connectivity index (χ3v) is 6.83. The van der Waals surface area contributed by atoms with Gasteiger partial charge in [0.15, 0.2) is 11.4 Å². The number of nitrogens with zero attached hydrogens (tertiary/aromatic N) is 2. The lowest BCUT2D eigenvalue weighted by Gasteiger charge is -2.39. The number of rotatable bonds is 3. The Morgan fingerprint density at radius 2 is 1.71 bits per heavy atom. The normalized spacial score (nSPS) is 18.9. The second-order valence-corrected chi connectivity index (χ2v) is 9.20. The van der Waals surface area contributed by atoms with Crippen molar-refractivity contribution in [2.45, 2.75) is 28.5 Å². The van der Waals surface area contributed by atoms with Crippen LogP contribution in [0.5, 0.6) is 5.75 Å². The number of sulfone groups is 1. The van der Waals surface area contributed by atoms with E-state index < -0.39 is 28.2 Å². The average molecular weight is 450 g/mol. The first kappa shape index (κ1) is 21.0. The maximum absolute atomic E-state index is 13.8. The van der Waals surface area contributed by atoms with Gasteiger partial charge >= 0.3 is 6.18 Å². The molecular formula is C21H17F3N2O4S. The molecule has 0 saturated carbocycles. The number of hydrogen-bond acceptors (Lipinski definition) is 5. The van der Waals surface area contributed by atoms with E-state index in [9.17, 15) is 26.8 Å². The van der Waals surface area contributed by atoms with E-state index in [0.717, 1.165) is 18.0 Å². The molecule has 1 aromatic heterocycles. The van der Waals surface area contributed by atoms with Gasteiger partial charge in [-0.3, -0.25) is 0 Å². The molecule has 2 aromatic carbocycles. The summed E-state index contributed by atoms with van der Waals surface area (Å²) in [6.45, 7) is 0.153. The molecule has 3 aromatic rings. The van der Waals surface area contributed by atoms with Gasteiger partial charge in [0.25, 0.3) is 5.82 Å². The average Bonchev–Trinajstić information content (AvgIpc) is 2.73. The predicted octanol–water partition coefficient (Wildman–Crippen LogP) is 4.00. The highest BCUT2D eigenvalue weighted by atomic mass is 32.2. The monoisotopic (exact) mass is 450 g/mol. The van der Waals surface area contributed by atoms with E-state index in [4.69, 9.17) is 4.74 Å². The van der Waals surface area contributed by atoms with Crippen LogP contribution in [0.1, 0.15) is 6.92 Å². The second-order valence-electron chi connectivity index (χ2n) is 7.25. The molecule has 6 nitrogen and oxygen atoms in total.